The molecule has 0 aromatic carbocycles. The number of nitrogens with zero attached hydrogens (tertiary/aromatic N) is 1. The fourth-order valence-corrected chi connectivity index (χ4v) is 6.28. The van der Waals surface area contributed by atoms with Gasteiger partial charge in [0.25, 0.3) is 0 Å². The molecule has 29 heavy (non-hydrogen) atoms. The van der Waals surface area contributed by atoms with Crippen LogP contribution in [-0.2, 0) is 14.3 Å². The summed E-state index contributed by atoms with van der Waals surface area (Å²) >= 11 is 0. The summed E-state index contributed by atoms with van der Waals surface area (Å²) in [6.07, 6.45) is 16.1. The van der Waals surface area contributed by atoms with E-state index in [1.165, 1.54) is 0 Å². The number of ketones is 1. The Bertz CT molecular complexity index is 940. The standard InChI is InChI=1S/C24H28N2O3/c1-14-9-12-29-24-13-22(2,3)10-11-23(14,24)21(28-4)17-18(25)15-7-5-6-8-16(15)26-19(17)20(24)27/h5-12,14-17,21,25H,13H2,1-4H3. The predicted molar refractivity (Wildman–Crippen MR) is 112 cm³/mol. The fraction of sp³-hybridized carbons (Fsp3) is 0.542. The van der Waals surface area contributed by atoms with E-state index in [4.69, 9.17) is 19.9 Å². The van der Waals surface area contributed by atoms with E-state index >= 15 is 0 Å². The monoisotopic (exact) mass is 392 g/mol. The molecule has 3 aliphatic carbocycles. The number of fused-ring (bicyclic) bond motifs is 2. The Morgan fingerprint density at radius 2 is 1.97 bits per heavy atom. The van der Waals surface area contributed by atoms with Crippen molar-refractivity contribution in [2.75, 3.05) is 7.11 Å². The summed E-state index contributed by atoms with van der Waals surface area (Å²) in [5.74, 6) is -0.620. The first kappa shape index (κ1) is 18.7. The lowest BCUT2D eigenvalue weighted by Crippen LogP contribution is -2.75. The highest BCUT2D eigenvalue weighted by Crippen LogP contribution is 2.62. The molecule has 0 radical (unpaired) electrons. The highest BCUT2D eigenvalue weighted by Gasteiger charge is 2.73. The number of hydrogen-bond donors (Lipinski definition) is 1. The molecule has 5 aliphatic rings. The lowest BCUT2D eigenvalue weighted by atomic mass is 9.45. The first-order chi connectivity index (χ1) is 13.8. The van der Waals surface area contributed by atoms with E-state index in [-0.39, 0.29) is 35.2 Å². The van der Waals surface area contributed by atoms with Gasteiger partial charge in [-0.25, -0.2) is 0 Å². The molecule has 7 atom stereocenters. The third-order valence-electron chi connectivity index (χ3n) is 7.61. The summed E-state index contributed by atoms with van der Waals surface area (Å²) in [6, 6.07) is -0.201. The van der Waals surface area contributed by atoms with Crippen LogP contribution in [0.4, 0.5) is 0 Å². The summed E-state index contributed by atoms with van der Waals surface area (Å²) in [6.45, 7) is 6.38. The number of hydrogen-bond acceptors (Lipinski definition) is 5. The minimum absolute atomic E-state index is 0.0337. The zero-order chi connectivity index (χ0) is 20.6. The van der Waals surface area contributed by atoms with Crippen LogP contribution >= 0.6 is 0 Å². The molecule has 5 nitrogen and oxygen atoms in total. The number of rotatable bonds is 1. The molecule has 7 unspecified atom stereocenters. The summed E-state index contributed by atoms with van der Waals surface area (Å²) in [5, 5.41) is 9.03. The molecule has 2 aliphatic heterocycles. The zero-order valence-corrected chi connectivity index (χ0v) is 17.4. The minimum Gasteiger partial charge on any atom is -0.486 e. The van der Waals surface area contributed by atoms with Crippen LogP contribution in [0.25, 0.3) is 0 Å². The van der Waals surface area contributed by atoms with Gasteiger partial charge in [0.05, 0.1) is 35.5 Å². The lowest BCUT2D eigenvalue weighted by Gasteiger charge is -2.63. The molecule has 0 bridgehead atoms. The van der Waals surface area contributed by atoms with Gasteiger partial charge in [-0.15, -0.1) is 0 Å². The van der Waals surface area contributed by atoms with Gasteiger partial charge in [0, 0.05) is 25.2 Å². The third-order valence-corrected chi connectivity index (χ3v) is 7.61. The highest BCUT2D eigenvalue weighted by atomic mass is 16.5. The van der Waals surface area contributed by atoms with Crippen molar-refractivity contribution < 1.29 is 14.3 Å². The van der Waals surface area contributed by atoms with Crippen molar-refractivity contribution in [2.24, 2.45) is 33.6 Å². The molecule has 2 heterocycles. The molecule has 152 valence electrons. The molecular formula is C24H28N2O3. The van der Waals surface area contributed by atoms with Crippen LogP contribution < -0.4 is 0 Å². The van der Waals surface area contributed by atoms with Crippen molar-refractivity contribution in [1.29, 1.82) is 5.41 Å². The Hall–Kier alpha value is -2.27. The SMILES string of the molecule is COC1C2C(=N)C3C=CC=CC3N=C2C(=O)C23CC(C)(C)C=CC12C(C)C=CO3. The molecule has 0 amide bonds. The Labute approximate surface area is 171 Å². The molecule has 5 rings (SSSR count). The van der Waals surface area contributed by atoms with Gasteiger partial charge in [-0.05, 0) is 17.4 Å². The molecule has 0 aromatic rings. The van der Waals surface area contributed by atoms with Gasteiger partial charge in [0.15, 0.2) is 5.60 Å². The number of methoxy groups -OCH3 is 1. The van der Waals surface area contributed by atoms with Gasteiger partial charge < -0.3 is 14.9 Å². The van der Waals surface area contributed by atoms with Gasteiger partial charge in [0.2, 0.25) is 5.78 Å². The highest BCUT2D eigenvalue weighted by molar-refractivity contribution is 6.48. The van der Waals surface area contributed by atoms with Crippen molar-refractivity contribution in [2.45, 2.75) is 44.9 Å². The second-order valence-corrected chi connectivity index (χ2v) is 9.71. The molecule has 0 aromatic heterocycles. The van der Waals surface area contributed by atoms with Gasteiger partial charge in [0.1, 0.15) is 0 Å². The quantitative estimate of drug-likeness (QED) is 0.692. The summed E-state index contributed by atoms with van der Waals surface area (Å²) < 4.78 is 12.4. The van der Waals surface area contributed by atoms with Crippen molar-refractivity contribution in [3.63, 3.8) is 0 Å². The Morgan fingerprint density at radius 1 is 1.21 bits per heavy atom. The zero-order valence-electron chi connectivity index (χ0n) is 17.4. The second kappa shape index (κ2) is 5.88. The maximum Gasteiger partial charge on any atom is 0.221 e. The summed E-state index contributed by atoms with van der Waals surface area (Å²) in [4.78, 5) is 19.0. The average Bonchev–Trinajstić information content (AvgIpc) is 2.69. The minimum atomic E-state index is -1.06. The van der Waals surface area contributed by atoms with Crippen LogP contribution in [0.1, 0.15) is 27.2 Å². The molecule has 0 spiro atoms. The van der Waals surface area contributed by atoms with Crippen molar-refractivity contribution in [3.05, 3.63) is 48.8 Å². The molecular weight excluding hydrogens is 364 g/mol. The predicted octanol–water partition coefficient (Wildman–Crippen LogP) is 3.68. The number of aliphatic imine (C=N–C) groups is 1. The number of allylic oxidation sites excluding steroid dienone is 4. The van der Waals surface area contributed by atoms with Gasteiger partial charge in [-0.1, -0.05) is 57.2 Å². The maximum atomic E-state index is 14.1. The molecule has 1 N–H and O–H groups in total. The van der Waals surface area contributed by atoms with Gasteiger partial charge in [-0.3, -0.25) is 9.79 Å². The van der Waals surface area contributed by atoms with E-state index in [1.807, 2.05) is 30.4 Å². The number of carbonyl (C=O) groups is 1. The normalized spacial score (nSPS) is 46.2. The van der Waals surface area contributed by atoms with E-state index in [0.29, 0.717) is 17.8 Å². The summed E-state index contributed by atoms with van der Waals surface area (Å²) in [7, 11) is 1.69. The average molecular weight is 392 g/mol. The molecule has 1 saturated carbocycles. The number of ether oxygens (including phenoxy) is 2. The van der Waals surface area contributed by atoms with Crippen molar-refractivity contribution >= 4 is 17.2 Å². The Morgan fingerprint density at radius 3 is 2.72 bits per heavy atom. The maximum absolute atomic E-state index is 14.1. The number of carbonyl (C=O) groups excluding carboxylic acids is 1. The van der Waals surface area contributed by atoms with E-state index in [0.717, 1.165) is 0 Å². The van der Waals surface area contributed by atoms with Crippen molar-refractivity contribution in [1.82, 2.24) is 0 Å². The van der Waals surface area contributed by atoms with Crippen LogP contribution in [-0.4, -0.2) is 42.1 Å². The number of Topliss-reactive ketones (excluding diaryl/α,β-unsaturated/α-hetero) is 1. The summed E-state index contributed by atoms with van der Waals surface area (Å²) in [5.41, 5.74) is -0.943. The first-order valence-electron chi connectivity index (χ1n) is 10.4. The largest absolute Gasteiger partial charge is 0.486 e. The van der Waals surface area contributed by atoms with Crippen LogP contribution in [0.15, 0.2) is 53.8 Å². The van der Waals surface area contributed by atoms with E-state index in [9.17, 15) is 4.79 Å². The topological polar surface area (TPSA) is 71.7 Å². The number of nitrogens with one attached hydrogen (secondary N) is 1. The smallest absolute Gasteiger partial charge is 0.221 e. The Balaban J connectivity index is 1.78. The fourth-order valence-electron chi connectivity index (χ4n) is 6.28. The van der Waals surface area contributed by atoms with Gasteiger partial charge >= 0.3 is 0 Å². The van der Waals surface area contributed by atoms with Crippen molar-refractivity contribution in [3.8, 4) is 0 Å². The lowest BCUT2D eigenvalue weighted by molar-refractivity contribution is -0.193. The Kier molecular flexibility index (Phi) is 3.80. The second-order valence-electron chi connectivity index (χ2n) is 9.71. The van der Waals surface area contributed by atoms with Crippen LogP contribution in [0.3, 0.4) is 0 Å². The van der Waals surface area contributed by atoms with E-state index < -0.39 is 16.9 Å². The van der Waals surface area contributed by atoms with Crippen LogP contribution in [0.5, 0.6) is 0 Å². The first-order valence-corrected chi connectivity index (χ1v) is 10.4. The van der Waals surface area contributed by atoms with Crippen LogP contribution in [0.2, 0.25) is 0 Å². The molecule has 5 heteroatoms. The van der Waals surface area contributed by atoms with E-state index in [2.05, 4.69) is 32.9 Å². The third kappa shape index (κ3) is 2.17. The molecule has 1 fully saturated rings. The van der Waals surface area contributed by atoms with Crippen LogP contribution in [0, 0.1) is 34.0 Å². The molecule has 0 saturated heterocycles. The van der Waals surface area contributed by atoms with Gasteiger partial charge in [-0.2, -0.15) is 0 Å². The van der Waals surface area contributed by atoms with E-state index in [1.54, 1.807) is 13.4 Å².